The second-order valence-electron chi connectivity index (χ2n) is 5.56. The molecule has 0 aliphatic carbocycles. The fourth-order valence-corrected chi connectivity index (χ4v) is 2.55. The summed E-state index contributed by atoms with van der Waals surface area (Å²) in [5.41, 5.74) is 2.10. The number of aromatic nitrogens is 4. The molecule has 2 aromatic heterocycles. The van der Waals surface area contributed by atoms with Gasteiger partial charge in [-0.25, -0.2) is 4.98 Å². The van der Waals surface area contributed by atoms with Crippen LogP contribution in [0.2, 0.25) is 0 Å². The van der Waals surface area contributed by atoms with Crippen molar-refractivity contribution in [3.63, 3.8) is 0 Å². The van der Waals surface area contributed by atoms with Gasteiger partial charge in [0.1, 0.15) is 5.75 Å². The number of phenolic OH excluding ortho intramolecular Hbond substituents is 1. The normalized spacial score (nSPS) is 11.9. The van der Waals surface area contributed by atoms with Crippen LogP contribution in [0.4, 0.5) is 5.69 Å². The van der Waals surface area contributed by atoms with Crippen molar-refractivity contribution in [3.05, 3.63) is 69.5 Å². The summed E-state index contributed by atoms with van der Waals surface area (Å²) in [6.45, 7) is 3.88. The Hall–Kier alpha value is -3.74. The van der Waals surface area contributed by atoms with Crippen LogP contribution in [-0.2, 0) is 0 Å². The van der Waals surface area contributed by atoms with Gasteiger partial charge >= 0.3 is 0 Å². The maximum Gasteiger partial charge on any atom is 0.283 e. The molecule has 124 valence electrons. The second kappa shape index (κ2) is 5.72. The van der Waals surface area contributed by atoms with E-state index >= 15 is 0 Å². The number of hydrogen-bond donors (Lipinski definition) is 4. The molecule has 0 aliphatic rings. The zero-order valence-corrected chi connectivity index (χ0v) is 13.2. The predicted octanol–water partition coefficient (Wildman–Crippen LogP) is 1.01. The van der Waals surface area contributed by atoms with Crippen LogP contribution in [0.5, 0.6) is 5.75 Å². The summed E-state index contributed by atoms with van der Waals surface area (Å²) in [6, 6.07) is 14.1. The smallest absolute Gasteiger partial charge is 0.283 e. The van der Waals surface area contributed by atoms with Crippen LogP contribution >= 0.6 is 0 Å². The summed E-state index contributed by atoms with van der Waals surface area (Å²) >= 11 is 0. The molecule has 0 atom stereocenters. The monoisotopic (exact) mass is 333 g/mol. The molecule has 0 radical (unpaired) electrons. The topological polar surface area (TPSA) is 98.7 Å². The van der Waals surface area contributed by atoms with E-state index in [1.807, 2.05) is 24.3 Å². The lowest BCUT2D eigenvalue weighted by Gasteiger charge is -1.99. The summed E-state index contributed by atoms with van der Waals surface area (Å²) in [4.78, 5) is 20.2. The number of rotatable bonds is 3. The predicted molar refractivity (Wildman–Crippen MR) is 97.0 cm³/mol. The van der Waals surface area contributed by atoms with E-state index in [1.54, 1.807) is 30.5 Å². The first-order valence-corrected chi connectivity index (χ1v) is 7.63. The fourth-order valence-electron chi connectivity index (χ4n) is 2.55. The Morgan fingerprint density at radius 2 is 1.92 bits per heavy atom. The molecular formula is C18H15N5O2. The average molecular weight is 333 g/mol. The third kappa shape index (κ3) is 2.67. The lowest BCUT2D eigenvalue weighted by molar-refractivity contribution is 0.475. The Bertz CT molecular complexity index is 1180. The van der Waals surface area contributed by atoms with Crippen molar-refractivity contribution in [3.8, 4) is 11.7 Å². The Labute approximate surface area is 141 Å². The number of para-hydroxylation sites is 2. The van der Waals surface area contributed by atoms with E-state index in [9.17, 15) is 9.90 Å². The van der Waals surface area contributed by atoms with Gasteiger partial charge < -0.3 is 15.4 Å². The molecule has 4 N–H and O–H groups in total. The Balaban J connectivity index is 1.76. The minimum Gasteiger partial charge on any atom is -0.508 e. The maximum atomic E-state index is 12.7. The molecule has 7 heteroatoms. The van der Waals surface area contributed by atoms with E-state index < -0.39 is 0 Å². The summed E-state index contributed by atoms with van der Waals surface area (Å²) < 4.78 is 1.33. The van der Waals surface area contributed by atoms with Gasteiger partial charge in [0.05, 0.1) is 21.6 Å². The van der Waals surface area contributed by atoms with Gasteiger partial charge in [-0.3, -0.25) is 9.89 Å². The van der Waals surface area contributed by atoms with Gasteiger partial charge in [-0.1, -0.05) is 18.7 Å². The van der Waals surface area contributed by atoms with Crippen LogP contribution in [0.25, 0.3) is 29.8 Å². The number of benzene rings is 2. The highest BCUT2D eigenvalue weighted by Crippen LogP contribution is 2.13. The third-order valence-corrected chi connectivity index (χ3v) is 3.84. The SMILES string of the molecule is C=c1[nH]n(-c2nc3ccccc3[nH]2)c(=O)/c1=C\Nc1ccc(O)cc1. The third-order valence-electron chi connectivity index (χ3n) is 3.84. The first kappa shape index (κ1) is 14.8. The van der Waals surface area contributed by atoms with Gasteiger partial charge in [0, 0.05) is 11.9 Å². The molecule has 7 nitrogen and oxygen atoms in total. The van der Waals surface area contributed by atoms with Crippen molar-refractivity contribution in [2.45, 2.75) is 0 Å². The van der Waals surface area contributed by atoms with Crippen LogP contribution < -0.4 is 21.4 Å². The highest BCUT2D eigenvalue weighted by atomic mass is 16.3. The van der Waals surface area contributed by atoms with Crippen molar-refractivity contribution in [2.24, 2.45) is 0 Å². The molecule has 0 amide bonds. The first-order valence-electron chi connectivity index (χ1n) is 7.63. The first-order chi connectivity index (χ1) is 12.1. The molecule has 2 heterocycles. The minimum absolute atomic E-state index is 0.178. The zero-order chi connectivity index (χ0) is 17.4. The molecule has 0 spiro atoms. The second-order valence-corrected chi connectivity index (χ2v) is 5.56. The number of hydrogen-bond acceptors (Lipinski definition) is 4. The van der Waals surface area contributed by atoms with Gasteiger partial charge in [0.2, 0.25) is 5.95 Å². The van der Waals surface area contributed by atoms with E-state index in [4.69, 9.17) is 0 Å². The number of H-pyrrole nitrogens is 2. The standard InChI is InChI=1S/C18H15N5O2/c1-11-14(10-19-12-6-8-13(24)9-7-12)17(25)23(22-11)18-20-15-4-2-3-5-16(15)21-18/h2-10,19,22,24H,1H2,(H,20,21)/b14-10-. The Morgan fingerprint density at radius 1 is 1.16 bits per heavy atom. The molecule has 2 aromatic carbocycles. The van der Waals surface area contributed by atoms with Crippen LogP contribution in [-0.4, -0.2) is 24.9 Å². The lowest BCUT2D eigenvalue weighted by Crippen LogP contribution is -2.35. The molecule has 0 saturated heterocycles. The van der Waals surface area contributed by atoms with Gasteiger partial charge in [-0.05, 0) is 36.4 Å². The lowest BCUT2D eigenvalue weighted by atomic mass is 10.3. The van der Waals surface area contributed by atoms with Crippen molar-refractivity contribution >= 4 is 29.5 Å². The molecular weight excluding hydrogens is 318 g/mol. The highest BCUT2D eigenvalue weighted by Gasteiger charge is 2.09. The maximum absolute atomic E-state index is 12.7. The van der Waals surface area contributed by atoms with E-state index in [2.05, 4.69) is 27.0 Å². The number of fused-ring (bicyclic) bond motifs is 1. The van der Waals surface area contributed by atoms with Gasteiger partial charge in [0.25, 0.3) is 5.56 Å². The average Bonchev–Trinajstić information content (AvgIpc) is 3.16. The Kier molecular flexibility index (Phi) is 3.39. The van der Waals surface area contributed by atoms with E-state index in [-0.39, 0.29) is 11.3 Å². The van der Waals surface area contributed by atoms with Gasteiger partial charge in [-0.15, -0.1) is 0 Å². The fraction of sp³-hybridized carbons (Fsp3) is 0. The van der Waals surface area contributed by atoms with Crippen molar-refractivity contribution in [2.75, 3.05) is 5.32 Å². The van der Waals surface area contributed by atoms with E-state index in [0.717, 1.165) is 16.7 Å². The molecule has 0 saturated carbocycles. The van der Waals surface area contributed by atoms with Crippen molar-refractivity contribution in [1.29, 1.82) is 0 Å². The van der Waals surface area contributed by atoms with Crippen LogP contribution in [0.3, 0.4) is 0 Å². The number of phenols is 1. The van der Waals surface area contributed by atoms with Crippen LogP contribution in [0.1, 0.15) is 0 Å². The zero-order valence-electron chi connectivity index (χ0n) is 13.2. The van der Waals surface area contributed by atoms with Gasteiger partial charge in [-0.2, -0.15) is 4.68 Å². The minimum atomic E-state index is -0.268. The van der Waals surface area contributed by atoms with Crippen LogP contribution in [0, 0.1) is 0 Å². The molecule has 0 aliphatic heterocycles. The number of nitrogens with one attached hydrogen (secondary N) is 3. The molecule has 0 bridgehead atoms. The van der Waals surface area contributed by atoms with Gasteiger partial charge in [0.15, 0.2) is 0 Å². The van der Waals surface area contributed by atoms with E-state index in [1.165, 1.54) is 4.68 Å². The Morgan fingerprint density at radius 3 is 2.68 bits per heavy atom. The number of imidazole rings is 1. The summed E-state index contributed by atoms with van der Waals surface area (Å²) in [5, 5.41) is 16.1. The van der Waals surface area contributed by atoms with Crippen molar-refractivity contribution in [1.82, 2.24) is 19.7 Å². The van der Waals surface area contributed by atoms with E-state index in [0.29, 0.717) is 16.5 Å². The molecule has 0 fully saturated rings. The molecule has 4 rings (SSSR count). The molecule has 25 heavy (non-hydrogen) atoms. The summed E-state index contributed by atoms with van der Waals surface area (Å²) in [7, 11) is 0. The number of anilines is 1. The number of aromatic hydroxyl groups is 1. The number of nitrogens with zero attached hydrogens (tertiary/aromatic N) is 2. The summed E-state index contributed by atoms with van der Waals surface area (Å²) in [6.07, 6.45) is 1.58. The largest absolute Gasteiger partial charge is 0.508 e. The summed E-state index contributed by atoms with van der Waals surface area (Å²) in [5.74, 6) is 0.581. The number of aromatic amines is 2. The quantitative estimate of drug-likeness (QED) is 0.421. The van der Waals surface area contributed by atoms with Crippen LogP contribution in [0.15, 0.2) is 53.3 Å². The molecule has 0 unspecified atom stereocenters. The highest BCUT2D eigenvalue weighted by molar-refractivity contribution is 5.75. The van der Waals surface area contributed by atoms with Crippen molar-refractivity contribution < 1.29 is 5.11 Å². The molecule has 4 aromatic rings.